The molecule has 0 bridgehead atoms. The maximum atomic E-state index is 13.6. The minimum absolute atomic E-state index is 0.0210. The SMILES string of the molecule is C[C@H](c1ccccc1)N1C[C@@](C)(C(=O)OC(C)(C)C)C(CCO)C1=O.C[C@H](c1ccccc1)N1C[C@@](C)(C(=O)OC(C)(C)C)C(CCOS(=O)(=O)c2ccc(Br)cc2)C1=O. The number of likely N-dealkylation sites (tertiary alicyclic amines) is 2. The summed E-state index contributed by atoms with van der Waals surface area (Å²) in [6, 6.07) is 25.0. The van der Waals surface area contributed by atoms with Gasteiger partial charge in [0, 0.05) is 24.2 Å². The van der Waals surface area contributed by atoms with E-state index in [1.807, 2.05) is 95.3 Å². The normalized spacial score (nSPS) is 23.1. The lowest BCUT2D eigenvalue weighted by atomic mass is 9.78. The first-order valence-electron chi connectivity index (χ1n) is 20.3. The predicted molar refractivity (Wildman–Crippen MR) is 232 cm³/mol. The Kier molecular flexibility index (Phi) is 15.6. The zero-order valence-electron chi connectivity index (χ0n) is 36.4. The van der Waals surface area contributed by atoms with Gasteiger partial charge in [0.15, 0.2) is 0 Å². The Hall–Kier alpha value is -4.11. The molecule has 0 aromatic heterocycles. The maximum Gasteiger partial charge on any atom is 0.314 e. The monoisotopic (exact) mass is 912 g/mol. The van der Waals surface area contributed by atoms with Gasteiger partial charge < -0.3 is 24.4 Å². The van der Waals surface area contributed by atoms with Crippen LogP contribution < -0.4 is 0 Å². The van der Waals surface area contributed by atoms with Gasteiger partial charge in [-0.05, 0) is 117 Å². The molecule has 2 unspecified atom stereocenters. The van der Waals surface area contributed by atoms with Gasteiger partial charge in [0.1, 0.15) is 11.2 Å². The van der Waals surface area contributed by atoms with Crippen LogP contribution in [0.15, 0.2) is 94.3 Å². The molecular weight excluding hydrogens is 852 g/mol. The predicted octanol–water partition coefficient (Wildman–Crippen LogP) is 8.05. The molecule has 2 aliphatic rings. The molecule has 5 rings (SSSR count). The van der Waals surface area contributed by atoms with E-state index >= 15 is 0 Å². The number of nitrogens with zero attached hydrogens (tertiary/aromatic N) is 2. The van der Waals surface area contributed by atoms with Crippen LogP contribution >= 0.6 is 15.9 Å². The Morgan fingerprint density at radius 3 is 1.47 bits per heavy atom. The Morgan fingerprint density at radius 1 is 0.717 bits per heavy atom. The number of carbonyl (C=O) groups is 4. The molecule has 12 nitrogen and oxygen atoms in total. The number of aliphatic hydroxyl groups is 1. The van der Waals surface area contributed by atoms with Crippen LogP contribution in [0.25, 0.3) is 0 Å². The second kappa shape index (κ2) is 19.3. The third kappa shape index (κ3) is 11.6. The average molecular weight is 914 g/mol. The second-order valence-electron chi connectivity index (χ2n) is 18.1. The van der Waals surface area contributed by atoms with Crippen molar-refractivity contribution < 1.29 is 46.4 Å². The van der Waals surface area contributed by atoms with Gasteiger partial charge in [-0.15, -0.1) is 0 Å². The number of hydrogen-bond donors (Lipinski definition) is 1. The molecular formula is C46H61BrN2O10S. The van der Waals surface area contributed by atoms with Crippen molar-refractivity contribution in [3.63, 3.8) is 0 Å². The van der Waals surface area contributed by atoms with Crippen LogP contribution in [0.3, 0.4) is 0 Å². The van der Waals surface area contributed by atoms with Crippen molar-refractivity contribution in [2.75, 3.05) is 26.3 Å². The highest BCUT2D eigenvalue weighted by molar-refractivity contribution is 9.10. The van der Waals surface area contributed by atoms with E-state index in [0.29, 0.717) is 6.54 Å². The molecule has 0 radical (unpaired) electrons. The molecule has 6 atom stereocenters. The van der Waals surface area contributed by atoms with Gasteiger partial charge in [-0.1, -0.05) is 76.6 Å². The lowest BCUT2D eigenvalue weighted by Gasteiger charge is -2.31. The van der Waals surface area contributed by atoms with Gasteiger partial charge in [0.05, 0.1) is 46.3 Å². The molecule has 60 heavy (non-hydrogen) atoms. The number of carbonyl (C=O) groups excluding carboxylic acids is 4. The van der Waals surface area contributed by atoms with Crippen molar-refractivity contribution in [2.24, 2.45) is 22.7 Å². The van der Waals surface area contributed by atoms with Crippen LogP contribution in [0.5, 0.6) is 0 Å². The molecule has 2 aliphatic heterocycles. The fourth-order valence-electron chi connectivity index (χ4n) is 7.67. The highest BCUT2D eigenvalue weighted by Crippen LogP contribution is 2.45. The summed E-state index contributed by atoms with van der Waals surface area (Å²) in [4.78, 5) is 56.1. The van der Waals surface area contributed by atoms with E-state index in [9.17, 15) is 32.7 Å². The lowest BCUT2D eigenvalue weighted by molar-refractivity contribution is -0.170. The number of aliphatic hydroxyl groups excluding tert-OH is 1. The number of rotatable bonds is 13. The molecule has 2 saturated heterocycles. The number of hydrogen-bond acceptors (Lipinski definition) is 10. The Labute approximate surface area is 364 Å². The number of amides is 2. The van der Waals surface area contributed by atoms with Crippen LogP contribution in [-0.2, 0) is 43.0 Å². The Morgan fingerprint density at radius 2 is 1.10 bits per heavy atom. The molecule has 3 aromatic rings. The zero-order chi connectivity index (χ0) is 44.8. The van der Waals surface area contributed by atoms with Crippen molar-refractivity contribution in [1.29, 1.82) is 0 Å². The summed E-state index contributed by atoms with van der Waals surface area (Å²) in [5, 5.41) is 9.41. The molecule has 0 spiro atoms. The zero-order valence-corrected chi connectivity index (χ0v) is 38.8. The highest BCUT2D eigenvalue weighted by atomic mass is 79.9. The summed E-state index contributed by atoms with van der Waals surface area (Å²) in [5.74, 6) is -2.54. The van der Waals surface area contributed by atoms with E-state index in [4.69, 9.17) is 13.7 Å². The van der Waals surface area contributed by atoms with Gasteiger partial charge in [-0.2, -0.15) is 8.42 Å². The standard InChI is InChI=1S/C26H32BrNO6S.C20H29NO4/c1-18(19-9-7-6-8-10-19)28-17-26(5,24(30)34-25(2,3)4)22(23(28)29)15-16-33-35(31,32)21-13-11-20(27)12-14-21;1-14(15-9-7-6-8-10-15)21-13-20(5,16(11-12-22)17(21)23)18(24)25-19(2,3)4/h6-14,18,22H,15-17H2,1-5H3;6-10,14,16,22H,11-13H2,1-5H3/t18-,22?,26-;14-,16?,20-/m11/s1. The van der Waals surface area contributed by atoms with Gasteiger partial charge >= 0.3 is 11.9 Å². The maximum absolute atomic E-state index is 13.6. The van der Waals surface area contributed by atoms with Crippen molar-refractivity contribution >= 4 is 49.8 Å². The second-order valence-corrected chi connectivity index (χ2v) is 20.6. The molecule has 14 heteroatoms. The van der Waals surface area contributed by atoms with Crippen LogP contribution in [-0.4, -0.2) is 84.6 Å². The summed E-state index contributed by atoms with van der Waals surface area (Å²) >= 11 is 3.28. The molecule has 0 aliphatic carbocycles. The molecule has 0 saturated carbocycles. The van der Waals surface area contributed by atoms with Crippen molar-refractivity contribution in [2.45, 2.75) is 110 Å². The molecule has 2 fully saturated rings. The number of esters is 2. The third-order valence-corrected chi connectivity index (χ3v) is 12.9. The Balaban J connectivity index is 0.000000280. The lowest BCUT2D eigenvalue weighted by Crippen LogP contribution is -2.42. The molecule has 3 aromatic carbocycles. The fourth-order valence-corrected chi connectivity index (χ4v) is 8.85. The minimum Gasteiger partial charge on any atom is -0.459 e. The van der Waals surface area contributed by atoms with E-state index < -0.39 is 50.0 Å². The van der Waals surface area contributed by atoms with Crippen LogP contribution in [0, 0.1) is 22.7 Å². The first kappa shape index (κ1) is 48.6. The summed E-state index contributed by atoms with van der Waals surface area (Å²) in [6.07, 6.45) is 0.314. The van der Waals surface area contributed by atoms with Crippen LogP contribution in [0.4, 0.5) is 0 Å². The van der Waals surface area contributed by atoms with Gasteiger partial charge in [-0.25, -0.2) is 0 Å². The van der Waals surface area contributed by atoms with E-state index in [-0.39, 0.29) is 67.4 Å². The van der Waals surface area contributed by atoms with Crippen LogP contribution in [0.2, 0.25) is 0 Å². The third-order valence-electron chi connectivity index (χ3n) is 11.1. The van der Waals surface area contributed by atoms with Crippen molar-refractivity contribution in [3.05, 3.63) is 101 Å². The largest absolute Gasteiger partial charge is 0.459 e. The smallest absolute Gasteiger partial charge is 0.314 e. The van der Waals surface area contributed by atoms with Gasteiger partial charge in [0.2, 0.25) is 11.8 Å². The van der Waals surface area contributed by atoms with Crippen molar-refractivity contribution in [1.82, 2.24) is 9.80 Å². The Bertz CT molecular complexity index is 2070. The van der Waals surface area contributed by atoms with Crippen molar-refractivity contribution in [3.8, 4) is 0 Å². The number of ether oxygens (including phenoxy) is 2. The first-order valence-corrected chi connectivity index (χ1v) is 22.5. The first-order chi connectivity index (χ1) is 27.8. The summed E-state index contributed by atoms with van der Waals surface area (Å²) in [5.41, 5.74) is -1.50. The van der Waals surface area contributed by atoms with Crippen LogP contribution in [0.1, 0.15) is 105 Å². The average Bonchev–Trinajstić information content (AvgIpc) is 3.59. The number of halogens is 1. The molecule has 328 valence electrons. The molecule has 1 N–H and O–H groups in total. The van der Waals surface area contributed by atoms with E-state index in [1.165, 1.54) is 12.1 Å². The molecule has 2 amide bonds. The topological polar surface area (TPSA) is 157 Å². The summed E-state index contributed by atoms with van der Waals surface area (Å²) < 4.78 is 42.5. The summed E-state index contributed by atoms with van der Waals surface area (Å²) in [6.45, 7) is 18.2. The van der Waals surface area contributed by atoms with E-state index in [2.05, 4.69) is 15.9 Å². The molecule has 2 heterocycles. The summed E-state index contributed by atoms with van der Waals surface area (Å²) in [7, 11) is -4.01. The minimum atomic E-state index is -4.01. The number of benzene rings is 3. The quantitative estimate of drug-likeness (QED) is 0.132. The van der Waals surface area contributed by atoms with E-state index in [0.717, 1.165) is 15.6 Å². The highest BCUT2D eigenvalue weighted by Gasteiger charge is 2.57. The van der Waals surface area contributed by atoms with E-state index in [1.54, 1.807) is 56.6 Å². The van der Waals surface area contributed by atoms with Gasteiger partial charge in [0.25, 0.3) is 10.1 Å². The fraction of sp³-hybridized carbons (Fsp3) is 0.522. The van der Waals surface area contributed by atoms with Gasteiger partial charge in [-0.3, -0.25) is 23.4 Å².